The summed E-state index contributed by atoms with van der Waals surface area (Å²) in [5.74, 6) is -0.106. The zero-order valence-electron chi connectivity index (χ0n) is 9.81. The van der Waals surface area contributed by atoms with Crippen molar-refractivity contribution in [2.45, 2.75) is 20.3 Å². The second-order valence-corrected chi connectivity index (χ2v) is 3.43. The third-order valence-corrected chi connectivity index (χ3v) is 2.25. The molecule has 0 bridgehead atoms. The molecule has 1 aliphatic rings. The molecule has 0 spiro atoms. The third kappa shape index (κ3) is 3.93. The number of hydrogen-bond acceptors (Lipinski definition) is 3. The standard InChI is InChI=1S/C13H18O3/c1-3-15-10-12-8-6-5-7-11(12)9-13(14)16-4-2/h5-8,10-11H,3-4,9H2,1-2H3/b12-10-. The molecule has 88 valence electrons. The van der Waals surface area contributed by atoms with Gasteiger partial charge in [-0.05, 0) is 19.4 Å². The highest BCUT2D eigenvalue weighted by Crippen LogP contribution is 2.22. The van der Waals surface area contributed by atoms with Gasteiger partial charge in [-0.25, -0.2) is 0 Å². The summed E-state index contributed by atoms with van der Waals surface area (Å²) >= 11 is 0. The molecular weight excluding hydrogens is 204 g/mol. The summed E-state index contributed by atoms with van der Waals surface area (Å²) in [6.45, 7) is 4.80. The van der Waals surface area contributed by atoms with Crippen molar-refractivity contribution in [2.24, 2.45) is 5.92 Å². The van der Waals surface area contributed by atoms with Gasteiger partial charge in [0.15, 0.2) is 0 Å². The van der Waals surface area contributed by atoms with Gasteiger partial charge in [-0.1, -0.05) is 24.3 Å². The van der Waals surface area contributed by atoms with Gasteiger partial charge in [0, 0.05) is 5.92 Å². The lowest BCUT2D eigenvalue weighted by Crippen LogP contribution is -2.12. The van der Waals surface area contributed by atoms with E-state index < -0.39 is 0 Å². The van der Waals surface area contributed by atoms with Gasteiger partial charge < -0.3 is 9.47 Å². The van der Waals surface area contributed by atoms with Crippen LogP contribution in [0.2, 0.25) is 0 Å². The highest BCUT2D eigenvalue weighted by molar-refractivity contribution is 5.70. The second-order valence-electron chi connectivity index (χ2n) is 3.43. The lowest BCUT2D eigenvalue weighted by Gasteiger charge is -2.15. The average molecular weight is 222 g/mol. The molecule has 16 heavy (non-hydrogen) atoms. The van der Waals surface area contributed by atoms with Crippen LogP contribution in [-0.2, 0) is 14.3 Å². The average Bonchev–Trinajstić information content (AvgIpc) is 2.28. The van der Waals surface area contributed by atoms with E-state index in [4.69, 9.17) is 9.47 Å². The fourth-order valence-corrected chi connectivity index (χ4v) is 1.49. The van der Waals surface area contributed by atoms with Crippen LogP contribution in [0, 0.1) is 5.92 Å². The van der Waals surface area contributed by atoms with Crippen LogP contribution in [0.3, 0.4) is 0 Å². The smallest absolute Gasteiger partial charge is 0.306 e. The lowest BCUT2D eigenvalue weighted by atomic mass is 9.92. The molecule has 0 aromatic rings. The minimum absolute atomic E-state index is 0.0654. The normalized spacial score (nSPS) is 21.1. The SMILES string of the molecule is CCO/C=C1/C=CC=CC1CC(=O)OCC. The lowest BCUT2D eigenvalue weighted by molar-refractivity contribution is -0.143. The fraction of sp³-hybridized carbons (Fsp3) is 0.462. The van der Waals surface area contributed by atoms with Gasteiger partial charge in [-0.3, -0.25) is 4.79 Å². The number of carbonyl (C=O) groups excluding carboxylic acids is 1. The summed E-state index contributed by atoms with van der Waals surface area (Å²) in [5.41, 5.74) is 1.01. The highest BCUT2D eigenvalue weighted by atomic mass is 16.5. The molecule has 0 radical (unpaired) electrons. The van der Waals surface area contributed by atoms with E-state index in [0.717, 1.165) is 5.57 Å². The molecule has 3 nitrogen and oxygen atoms in total. The molecule has 1 aliphatic carbocycles. The van der Waals surface area contributed by atoms with Gasteiger partial charge in [-0.2, -0.15) is 0 Å². The van der Waals surface area contributed by atoms with Crippen molar-refractivity contribution in [1.29, 1.82) is 0 Å². The maximum Gasteiger partial charge on any atom is 0.306 e. The Morgan fingerprint density at radius 1 is 1.38 bits per heavy atom. The first-order valence-corrected chi connectivity index (χ1v) is 5.60. The van der Waals surface area contributed by atoms with E-state index in [1.807, 2.05) is 38.2 Å². The largest absolute Gasteiger partial charge is 0.501 e. The molecule has 0 fully saturated rings. The predicted molar refractivity (Wildman–Crippen MR) is 62.7 cm³/mol. The Labute approximate surface area is 96.4 Å². The van der Waals surface area contributed by atoms with E-state index in [1.54, 1.807) is 6.26 Å². The van der Waals surface area contributed by atoms with Crippen LogP contribution in [-0.4, -0.2) is 19.2 Å². The Kier molecular flexibility index (Phi) is 5.40. The van der Waals surface area contributed by atoms with Gasteiger partial charge in [0.25, 0.3) is 0 Å². The second kappa shape index (κ2) is 6.88. The fourth-order valence-electron chi connectivity index (χ4n) is 1.49. The summed E-state index contributed by atoms with van der Waals surface area (Å²) in [5, 5.41) is 0. The molecule has 0 saturated carbocycles. The first-order chi connectivity index (χ1) is 7.77. The molecule has 3 heteroatoms. The third-order valence-electron chi connectivity index (χ3n) is 2.25. The van der Waals surface area contributed by atoms with Crippen molar-refractivity contribution in [1.82, 2.24) is 0 Å². The number of rotatable bonds is 5. The minimum Gasteiger partial charge on any atom is -0.501 e. The maximum atomic E-state index is 11.4. The molecular formula is C13H18O3. The van der Waals surface area contributed by atoms with Crippen LogP contribution < -0.4 is 0 Å². The molecule has 0 saturated heterocycles. The van der Waals surface area contributed by atoms with Crippen molar-refractivity contribution >= 4 is 5.97 Å². The Balaban J connectivity index is 2.58. The van der Waals surface area contributed by atoms with Gasteiger partial charge in [0.05, 0.1) is 25.9 Å². The van der Waals surface area contributed by atoms with Crippen molar-refractivity contribution in [3.05, 3.63) is 36.1 Å². The quantitative estimate of drug-likeness (QED) is 0.530. The Morgan fingerprint density at radius 2 is 2.19 bits per heavy atom. The van der Waals surface area contributed by atoms with Crippen molar-refractivity contribution < 1.29 is 14.3 Å². The van der Waals surface area contributed by atoms with Gasteiger partial charge in [0.1, 0.15) is 0 Å². The van der Waals surface area contributed by atoms with Crippen molar-refractivity contribution in [3.8, 4) is 0 Å². The Morgan fingerprint density at radius 3 is 2.88 bits per heavy atom. The summed E-state index contributed by atoms with van der Waals surface area (Å²) in [6, 6.07) is 0. The van der Waals surface area contributed by atoms with E-state index in [9.17, 15) is 4.79 Å². The molecule has 1 rings (SSSR count). The van der Waals surface area contributed by atoms with E-state index in [2.05, 4.69) is 0 Å². The van der Waals surface area contributed by atoms with Crippen molar-refractivity contribution in [3.63, 3.8) is 0 Å². The molecule has 1 unspecified atom stereocenters. The number of esters is 1. The van der Waals surface area contributed by atoms with Gasteiger partial charge in [-0.15, -0.1) is 0 Å². The number of hydrogen-bond donors (Lipinski definition) is 0. The first kappa shape index (κ1) is 12.6. The zero-order valence-corrected chi connectivity index (χ0v) is 9.81. The molecule has 0 heterocycles. The van der Waals surface area contributed by atoms with E-state index in [1.165, 1.54) is 0 Å². The number of allylic oxidation sites excluding steroid dienone is 5. The summed E-state index contributed by atoms with van der Waals surface area (Å²) in [7, 11) is 0. The Bertz CT molecular complexity index is 313. The number of ether oxygens (including phenoxy) is 2. The predicted octanol–water partition coefficient (Wildman–Crippen LogP) is 2.60. The van der Waals surface area contributed by atoms with Crippen LogP contribution in [0.25, 0.3) is 0 Å². The van der Waals surface area contributed by atoms with Crippen LogP contribution in [0.5, 0.6) is 0 Å². The summed E-state index contributed by atoms with van der Waals surface area (Å²) in [4.78, 5) is 11.4. The monoisotopic (exact) mass is 222 g/mol. The van der Waals surface area contributed by atoms with Gasteiger partial charge >= 0.3 is 5.97 Å². The minimum atomic E-state index is -0.171. The molecule has 0 aromatic carbocycles. The molecule has 0 aromatic heterocycles. The molecule has 1 atom stereocenters. The molecule has 0 N–H and O–H groups in total. The first-order valence-electron chi connectivity index (χ1n) is 5.60. The molecule has 0 amide bonds. The van der Waals surface area contributed by atoms with E-state index >= 15 is 0 Å². The van der Waals surface area contributed by atoms with Crippen LogP contribution in [0.4, 0.5) is 0 Å². The Hall–Kier alpha value is -1.51. The summed E-state index contributed by atoms with van der Waals surface area (Å²) < 4.78 is 10.2. The number of carbonyl (C=O) groups is 1. The van der Waals surface area contributed by atoms with Crippen LogP contribution in [0.1, 0.15) is 20.3 Å². The van der Waals surface area contributed by atoms with E-state index in [0.29, 0.717) is 19.6 Å². The van der Waals surface area contributed by atoms with Crippen LogP contribution >= 0.6 is 0 Å². The maximum absolute atomic E-state index is 11.4. The van der Waals surface area contributed by atoms with Gasteiger partial charge in [0.2, 0.25) is 0 Å². The molecule has 0 aliphatic heterocycles. The zero-order chi connectivity index (χ0) is 11.8. The van der Waals surface area contributed by atoms with Crippen molar-refractivity contribution in [2.75, 3.05) is 13.2 Å². The highest BCUT2D eigenvalue weighted by Gasteiger charge is 2.16. The topological polar surface area (TPSA) is 35.5 Å². The van der Waals surface area contributed by atoms with E-state index in [-0.39, 0.29) is 11.9 Å². The van der Waals surface area contributed by atoms with Crippen LogP contribution in [0.15, 0.2) is 36.1 Å². The summed E-state index contributed by atoms with van der Waals surface area (Å²) in [6.07, 6.45) is 9.90.